The molecule has 3 atom stereocenters. The normalized spacial score (nSPS) is 35.2. The molecule has 1 saturated carbocycles. The summed E-state index contributed by atoms with van der Waals surface area (Å²) < 4.78 is 37.5. The number of nitrogens with two attached hydrogens (primary N) is 1. The Morgan fingerprint density at radius 1 is 1.53 bits per heavy atom. The van der Waals surface area contributed by atoms with Gasteiger partial charge in [-0.1, -0.05) is 6.92 Å². The molecular weight excluding hydrogens is 207 g/mol. The van der Waals surface area contributed by atoms with E-state index in [-0.39, 0.29) is 25.3 Å². The number of alkyl halides is 3. The summed E-state index contributed by atoms with van der Waals surface area (Å²) in [6.45, 7) is 1.93. The van der Waals surface area contributed by atoms with Crippen LogP contribution in [0, 0.1) is 11.8 Å². The van der Waals surface area contributed by atoms with Crippen LogP contribution in [0.3, 0.4) is 0 Å². The predicted octanol–water partition coefficient (Wildman–Crippen LogP) is 2.06. The van der Waals surface area contributed by atoms with Crippen molar-refractivity contribution in [3.8, 4) is 0 Å². The summed E-state index contributed by atoms with van der Waals surface area (Å²) in [7, 11) is 0. The average molecular weight is 225 g/mol. The van der Waals surface area contributed by atoms with E-state index in [1.54, 1.807) is 6.92 Å². The molecule has 15 heavy (non-hydrogen) atoms. The van der Waals surface area contributed by atoms with E-state index in [9.17, 15) is 18.3 Å². The second-order valence-electron chi connectivity index (χ2n) is 4.58. The molecule has 0 spiro atoms. The Kier molecular flexibility index (Phi) is 3.66. The van der Waals surface area contributed by atoms with E-state index in [0.29, 0.717) is 12.8 Å². The topological polar surface area (TPSA) is 46.2 Å². The van der Waals surface area contributed by atoms with E-state index < -0.39 is 17.7 Å². The van der Waals surface area contributed by atoms with Gasteiger partial charge in [-0.2, -0.15) is 13.2 Å². The highest BCUT2D eigenvalue weighted by atomic mass is 19.4. The van der Waals surface area contributed by atoms with Gasteiger partial charge < -0.3 is 10.8 Å². The molecule has 0 aromatic heterocycles. The van der Waals surface area contributed by atoms with Gasteiger partial charge in [0.05, 0.1) is 11.5 Å². The Balaban J connectivity index is 2.71. The van der Waals surface area contributed by atoms with E-state index >= 15 is 0 Å². The standard InChI is InChI=1S/C10H18F3NO/c1-7(6-14)9(15)4-2-3-8(5-9)10(11,12)13/h7-8,15H,2-6,14H2,1H3. The van der Waals surface area contributed by atoms with E-state index in [1.807, 2.05) is 0 Å². The minimum absolute atomic E-state index is 0.128. The van der Waals surface area contributed by atoms with Gasteiger partial charge in [0, 0.05) is 0 Å². The van der Waals surface area contributed by atoms with E-state index in [0.717, 1.165) is 0 Å². The predicted molar refractivity (Wildman–Crippen MR) is 51.2 cm³/mol. The maximum Gasteiger partial charge on any atom is 0.391 e. The number of hydrogen-bond acceptors (Lipinski definition) is 2. The first-order valence-electron chi connectivity index (χ1n) is 5.29. The molecule has 0 aliphatic heterocycles. The Morgan fingerprint density at radius 3 is 2.60 bits per heavy atom. The quantitative estimate of drug-likeness (QED) is 0.755. The van der Waals surface area contributed by atoms with E-state index in [1.165, 1.54) is 0 Å². The third kappa shape index (κ3) is 2.84. The summed E-state index contributed by atoms with van der Waals surface area (Å²) >= 11 is 0. The highest BCUT2D eigenvalue weighted by Gasteiger charge is 2.48. The smallest absolute Gasteiger partial charge is 0.390 e. The van der Waals surface area contributed by atoms with Crippen LogP contribution in [0.1, 0.15) is 32.6 Å². The maximum atomic E-state index is 12.5. The highest BCUT2D eigenvalue weighted by Crippen LogP contribution is 2.44. The maximum absolute atomic E-state index is 12.5. The number of hydrogen-bond donors (Lipinski definition) is 2. The molecule has 5 heteroatoms. The first-order chi connectivity index (χ1) is 6.79. The molecule has 1 aliphatic carbocycles. The van der Waals surface area contributed by atoms with Gasteiger partial charge in [-0.25, -0.2) is 0 Å². The molecule has 0 aromatic rings. The van der Waals surface area contributed by atoms with Crippen LogP contribution >= 0.6 is 0 Å². The van der Waals surface area contributed by atoms with Crippen molar-refractivity contribution in [2.75, 3.05) is 6.54 Å². The monoisotopic (exact) mass is 225 g/mol. The van der Waals surface area contributed by atoms with Crippen molar-refractivity contribution in [3.05, 3.63) is 0 Å². The lowest BCUT2D eigenvalue weighted by Gasteiger charge is -2.41. The van der Waals surface area contributed by atoms with Gasteiger partial charge in [-0.15, -0.1) is 0 Å². The summed E-state index contributed by atoms with van der Waals surface area (Å²) in [6.07, 6.45) is -3.41. The van der Waals surface area contributed by atoms with Gasteiger partial charge in [0.25, 0.3) is 0 Å². The van der Waals surface area contributed by atoms with Crippen LogP contribution in [-0.4, -0.2) is 23.4 Å². The Hall–Kier alpha value is -0.290. The van der Waals surface area contributed by atoms with Crippen LogP contribution in [0.2, 0.25) is 0 Å². The minimum Gasteiger partial charge on any atom is -0.390 e. The first-order valence-corrected chi connectivity index (χ1v) is 5.29. The van der Waals surface area contributed by atoms with Gasteiger partial charge in [-0.05, 0) is 38.1 Å². The van der Waals surface area contributed by atoms with Gasteiger partial charge in [0.1, 0.15) is 0 Å². The second kappa shape index (κ2) is 4.29. The molecule has 0 heterocycles. The summed E-state index contributed by atoms with van der Waals surface area (Å²) in [5.41, 5.74) is 4.17. The van der Waals surface area contributed by atoms with Crippen LogP contribution in [0.15, 0.2) is 0 Å². The SMILES string of the molecule is CC(CN)C1(O)CCCC(C(F)(F)F)C1. The first kappa shape index (κ1) is 12.8. The van der Waals surface area contributed by atoms with Crippen LogP contribution in [0.5, 0.6) is 0 Å². The van der Waals surface area contributed by atoms with Crippen molar-refractivity contribution >= 4 is 0 Å². The van der Waals surface area contributed by atoms with Crippen molar-refractivity contribution in [1.29, 1.82) is 0 Å². The third-order valence-electron chi connectivity index (χ3n) is 3.50. The largest absolute Gasteiger partial charge is 0.391 e. The van der Waals surface area contributed by atoms with E-state index in [2.05, 4.69) is 0 Å². The van der Waals surface area contributed by atoms with Crippen LogP contribution in [0.25, 0.3) is 0 Å². The van der Waals surface area contributed by atoms with Crippen molar-refractivity contribution in [2.24, 2.45) is 17.6 Å². The molecule has 3 N–H and O–H groups in total. The molecule has 0 bridgehead atoms. The Bertz CT molecular complexity index is 219. The fourth-order valence-corrected chi connectivity index (χ4v) is 2.23. The Labute approximate surface area is 87.6 Å². The Morgan fingerprint density at radius 2 is 2.13 bits per heavy atom. The van der Waals surface area contributed by atoms with Gasteiger partial charge >= 0.3 is 6.18 Å². The zero-order valence-electron chi connectivity index (χ0n) is 8.85. The number of aliphatic hydroxyl groups is 1. The van der Waals surface area contributed by atoms with Crippen molar-refractivity contribution in [2.45, 2.75) is 44.4 Å². The van der Waals surface area contributed by atoms with Crippen LogP contribution < -0.4 is 5.73 Å². The molecule has 1 rings (SSSR count). The lowest BCUT2D eigenvalue weighted by atomic mass is 9.71. The lowest BCUT2D eigenvalue weighted by Crippen LogP contribution is -2.47. The zero-order chi connectivity index (χ0) is 11.7. The van der Waals surface area contributed by atoms with E-state index in [4.69, 9.17) is 5.73 Å². The molecule has 2 nitrogen and oxygen atoms in total. The molecule has 1 aliphatic rings. The number of rotatable bonds is 2. The van der Waals surface area contributed by atoms with Crippen molar-refractivity contribution in [1.82, 2.24) is 0 Å². The van der Waals surface area contributed by atoms with Gasteiger partial charge in [-0.3, -0.25) is 0 Å². The molecule has 3 unspecified atom stereocenters. The van der Waals surface area contributed by atoms with Gasteiger partial charge in [0.2, 0.25) is 0 Å². The molecular formula is C10H18F3NO. The molecule has 0 saturated heterocycles. The third-order valence-corrected chi connectivity index (χ3v) is 3.50. The highest BCUT2D eigenvalue weighted by molar-refractivity contribution is 4.92. The molecule has 0 amide bonds. The fraction of sp³-hybridized carbons (Fsp3) is 1.00. The second-order valence-corrected chi connectivity index (χ2v) is 4.58. The molecule has 90 valence electrons. The lowest BCUT2D eigenvalue weighted by molar-refractivity contribution is -0.205. The molecule has 0 radical (unpaired) electrons. The number of halogens is 3. The molecule has 0 aromatic carbocycles. The molecule has 1 fully saturated rings. The summed E-state index contributed by atoms with van der Waals surface area (Å²) in [5.74, 6) is -1.65. The van der Waals surface area contributed by atoms with Crippen LogP contribution in [0.4, 0.5) is 13.2 Å². The zero-order valence-corrected chi connectivity index (χ0v) is 8.85. The van der Waals surface area contributed by atoms with Gasteiger partial charge in [0.15, 0.2) is 0 Å². The minimum atomic E-state index is -4.19. The fourth-order valence-electron chi connectivity index (χ4n) is 2.23. The average Bonchev–Trinajstić information content (AvgIpc) is 2.15. The van der Waals surface area contributed by atoms with Crippen molar-refractivity contribution < 1.29 is 18.3 Å². The summed E-state index contributed by atoms with van der Waals surface area (Å²) in [5, 5.41) is 10.1. The summed E-state index contributed by atoms with van der Waals surface area (Å²) in [4.78, 5) is 0. The van der Waals surface area contributed by atoms with Crippen LogP contribution in [-0.2, 0) is 0 Å². The van der Waals surface area contributed by atoms with Crippen molar-refractivity contribution in [3.63, 3.8) is 0 Å². The summed E-state index contributed by atoms with van der Waals surface area (Å²) in [6, 6.07) is 0.